The Morgan fingerprint density at radius 2 is 1.97 bits per heavy atom. The van der Waals surface area contributed by atoms with Gasteiger partial charge in [-0.15, -0.1) is 0 Å². The lowest BCUT2D eigenvalue weighted by molar-refractivity contribution is -0.151. The van der Waals surface area contributed by atoms with Gasteiger partial charge in [-0.05, 0) is 57.7 Å². The van der Waals surface area contributed by atoms with Crippen LogP contribution in [0.25, 0.3) is 0 Å². The van der Waals surface area contributed by atoms with E-state index in [1.807, 2.05) is 19.9 Å². The number of hydrogen-bond acceptors (Lipinski definition) is 8. The maximum absolute atomic E-state index is 13.6. The molecule has 0 bridgehead atoms. The van der Waals surface area contributed by atoms with Crippen molar-refractivity contribution in [3.05, 3.63) is 63.0 Å². The van der Waals surface area contributed by atoms with Crippen molar-refractivity contribution in [2.75, 3.05) is 19.5 Å². The van der Waals surface area contributed by atoms with Crippen molar-refractivity contribution in [2.45, 2.75) is 60.2 Å². The molecule has 10 nitrogen and oxygen atoms in total. The van der Waals surface area contributed by atoms with E-state index >= 15 is 0 Å². The molecule has 10 heteroatoms. The van der Waals surface area contributed by atoms with Crippen molar-refractivity contribution in [1.29, 1.82) is 0 Å². The second-order valence-corrected chi connectivity index (χ2v) is 9.90. The second kappa shape index (κ2) is 11.4. The van der Waals surface area contributed by atoms with Crippen LogP contribution in [-0.2, 0) is 22.6 Å². The Hall–Kier alpha value is -4.00. The van der Waals surface area contributed by atoms with Crippen LogP contribution in [0.1, 0.15) is 41.0 Å². The van der Waals surface area contributed by atoms with Crippen LogP contribution in [0.2, 0.25) is 0 Å². The molecule has 1 aliphatic rings. The van der Waals surface area contributed by atoms with Gasteiger partial charge in [-0.25, -0.2) is 14.2 Å². The Balaban J connectivity index is 2.07. The van der Waals surface area contributed by atoms with E-state index in [0.717, 1.165) is 16.6 Å². The van der Waals surface area contributed by atoms with E-state index in [-0.39, 0.29) is 25.1 Å². The zero-order valence-electron chi connectivity index (χ0n) is 22.4. The normalized spacial score (nSPS) is 15.1. The van der Waals surface area contributed by atoms with Crippen molar-refractivity contribution in [3.8, 4) is 11.5 Å². The molecule has 0 saturated heterocycles. The largest absolute Gasteiger partial charge is 0.492 e. The number of hydrogen-bond donors (Lipinski definition) is 1. The summed E-state index contributed by atoms with van der Waals surface area (Å²) in [7, 11) is 2.76. The van der Waals surface area contributed by atoms with Crippen LogP contribution in [0.15, 0.2) is 39.5 Å². The lowest BCUT2D eigenvalue weighted by Gasteiger charge is -2.23. The Kier molecular flexibility index (Phi) is 8.48. The van der Waals surface area contributed by atoms with Gasteiger partial charge >= 0.3 is 17.3 Å². The highest BCUT2D eigenvalue weighted by molar-refractivity contribution is 5.75. The van der Waals surface area contributed by atoms with Gasteiger partial charge in [-0.2, -0.15) is 4.98 Å². The van der Waals surface area contributed by atoms with Crippen molar-refractivity contribution in [3.63, 3.8) is 0 Å². The number of nitrogens with one attached hydrogen (secondary N) is 1. The molecular formula is C27H34N4O6. The monoisotopic (exact) mass is 510 g/mol. The minimum Gasteiger partial charge on any atom is -0.492 e. The van der Waals surface area contributed by atoms with E-state index < -0.39 is 22.8 Å². The maximum Gasteiger partial charge on any atom is 0.354 e. The van der Waals surface area contributed by atoms with Gasteiger partial charge in [0.2, 0.25) is 11.7 Å². The number of nitrogens with zero attached hydrogens (tertiary/aromatic N) is 3. The van der Waals surface area contributed by atoms with Crippen LogP contribution in [0.4, 0.5) is 11.6 Å². The summed E-state index contributed by atoms with van der Waals surface area (Å²) >= 11 is 0. The molecule has 1 aliphatic carbocycles. The number of rotatable bonds is 10. The molecule has 1 aromatic heterocycles. The molecule has 1 N–H and O–H groups in total. The van der Waals surface area contributed by atoms with Gasteiger partial charge < -0.3 is 19.5 Å². The van der Waals surface area contributed by atoms with Gasteiger partial charge in [-0.3, -0.25) is 9.36 Å². The average molecular weight is 511 g/mol. The molecule has 1 atom stereocenters. The molecule has 0 spiro atoms. The van der Waals surface area contributed by atoms with Crippen LogP contribution in [0.5, 0.6) is 11.5 Å². The number of ether oxygens (including phenoxy) is 3. The van der Waals surface area contributed by atoms with Gasteiger partial charge in [0.1, 0.15) is 0 Å². The number of allylic oxidation sites excluding steroid dienone is 4. The predicted octanol–water partition coefficient (Wildman–Crippen LogP) is 3.27. The molecule has 3 rings (SSSR count). The highest BCUT2D eigenvalue weighted by atomic mass is 16.5. The molecule has 1 aromatic carbocycles. The summed E-state index contributed by atoms with van der Waals surface area (Å²) in [6, 6.07) is 7.44. The van der Waals surface area contributed by atoms with Gasteiger partial charge in [0, 0.05) is 12.6 Å². The second-order valence-electron chi connectivity index (χ2n) is 9.90. The Morgan fingerprint density at radius 1 is 1.24 bits per heavy atom. The molecular weight excluding hydrogens is 476 g/mol. The van der Waals surface area contributed by atoms with Crippen LogP contribution in [0.3, 0.4) is 0 Å². The van der Waals surface area contributed by atoms with Gasteiger partial charge in [0.15, 0.2) is 5.75 Å². The summed E-state index contributed by atoms with van der Waals surface area (Å²) < 4.78 is 18.3. The lowest BCUT2D eigenvalue weighted by Crippen LogP contribution is -2.47. The van der Waals surface area contributed by atoms with Crippen molar-refractivity contribution in [1.82, 2.24) is 14.1 Å². The summed E-state index contributed by atoms with van der Waals surface area (Å²) in [6.07, 6.45) is 6.82. The number of aromatic nitrogens is 3. The van der Waals surface area contributed by atoms with Crippen LogP contribution >= 0.6 is 0 Å². The fourth-order valence-corrected chi connectivity index (χ4v) is 3.79. The van der Waals surface area contributed by atoms with Crippen molar-refractivity contribution in [2.24, 2.45) is 11.3 Å². The van der Waals surface area contributed by atoms with Crippen LogP contribution in [-0.4, -0.2) is 40.4 Å². The van der Waals surface area contributed by atoms with Crippen LogP contribution < -0.4 is 26.2 Å². The SMILES string of the molecule is COC(=O)C(C)(C)Cn1c(=O)nc(Nc2c#cc(OC(C)C)c(OC)c2)n(CC2=CCC(C)C=C2)c1=O. The number of carbonyl (C=O) groups is 1. The summed E-state index contributed by atoms with van der Waals surface area (Å²) in [5.41, 5.74) is -1.24. The standard InChI is InChI=1S/C27H34N4O6/c1-17(2)37-21-13-12-20(14-22(21)35-6)28-24-29-25(33)31(16-27(4,5)23(32)36-7)26(34)30(24)15-19-10-8-18(3)9-11-19/h8,10-11,14,17-18H,9,15-16H2,1-7H3,(H,28,29,33). The first-order valence-corrected chi connectivity index (χ1v) is 12.1. The molecule has 0 fully saturated rings. The predicted molar refractivity (Wildman–Crippen MR) is 139 cm³/mol. The third-order valence-electron chi connectivity index (χ3n) is 5.80. The molecule has 0 amide bonds. The fourth-order valence-electron chi connectivity index (χ4n) is 3.79. The Labute approximate surface area is 216 Å². The third kappa shape index (κ3) is 6.61. The van der Waals surface area contributed by atoms with Gasteiger partial charge in [0.05, 0.1) is 38.0 Å². The number of anilines is 2. The summed E-state index contributed by atoms with van der Waals surface area (Å²) in [4.78, 5) is 43.0. The van der Waals surface area contributed by atoms with E-state index in [4.69, 9.17) is 14.2 Å². The summed E-state index contributed by atoms with van der Waals surface area (Å²) in [5, 5.41) is 3.01. The topological polar surface area (TPSA) is 114 Å². The Bertz CT molecular complexity index is 1320. The number of methoxy groups -OCH3 is 2. The highest BCUT2D eigenvalue weighted by Gasteiger charge is 2.31. The van der Waals surface area contributed by atoms with Crippen LogP contribution in [0, 0.1) is 23.5 Å². The van der Waals surface area contributed by atoms with Gasteiger partial charge in [-0.1, -0.05) is 25.2 Å². The zero-order chi connectivity index (χ0) is 27.3. The van der Waals surface area contributed by atoms with Gasteiger partial charge in [0.25, 0.3) is 0 Å². The molecule has 1 heterocycles. The highest BCUT2D eigenvalue weighted by Crippen LogP contribution is 2.29. The molecule has 0 radical (unpaired) electrons. The van der Waals surface area contributed by atoms with Crippen molar-refractivity contribution < 1.29 is 19.0 Å². The molecule has 2 aromatic rings. The lowest BCUT2D eigenvalue weighted by atomic mass is 9.94. The first-order chi connectivity index (χ1) is 17.4. The summed E-state index contributed by atoms with van der Waals surface area (Å²) in [5.74, 6) is 0.680. The smallest absolute Gasteiger partial charge is 0.354 e. The zero-order valence-corrected chi connectivity index (χ0v) is 22.4. The third-order valence-corrected chi connectivity index (χ3v) is 5.80. The number of carbonyl (C=O) groups excluding carboxylic acids is 1. The molecule has 37 heavy (non-hydrogen) atoms. The minimum atomic E-state index is -1.12. The van der Waals surface area contributed by atoms with E-state index in [9.17, 15) is 14.4 Å². The quantitative estimate of drug-likeness (QED) is 0.485. The average Bonchev–Trinajstić information content (AvgIpc) is 2.85. The minimum absolute atomic E-state index is 0.0271. The maximum atomic E-state index is 13.6. The van der Waals surface area contributed by atoms with E-state index in [2.05, 4.69) is 41.5 Å². The molecule has 0 saturated carbocycles. The molecule has 1 unspecified atom stereocenters. The Morgan fingerprint density at radius 3 is 2.57 bits per heavy atom. The first-order valence-electron chi connectivity index (χ1n) is 12.1. The fraction of sp³-hybridized carbons (Fsp3) is 0.481. The molecule has 0 aliphatic heterocycles. The van der Waals surface area contributed by atoms with E-state index in [1.54, 1.807) is 19.9 Å². The number of esters is 1. The van der Waals surface area contributed by atoms with E-state index in [0.29, 0.717) is 23.1 Å². The van der Waals surface area contributed by atoms with E-state index in [1.165, 1.54) is 18.8 Å². The molecule has 198 valence electrons. The summed E-state index contributed by atoms with van der Waals surface area (Å²) in [6.45, 7) is 9.06. The van der Waals surface area contributed by atoms with Crippen molar-refractivity contribution >= 4 is 17.6 Å². The first kappa shape index (κ1) is 27.6.